The summed E-state index contributed by atoms with van der Waals surface area (Å²) in [5.41, 5.74) is -0.950. The second-order valence-corrected chi connectivity index (χ2v) is 9.36. The number of fused-ring (bicyclic) bond motifs is 3. The summed E-state index contributed by atoms with van der Waals surface area (Å²) in [6, 6.07) is 7.20. The molecule has 0 bridgehead atoms. The fourth-order valence-corrected chi connectivity index (χ4v) is 4.67. The second kappa shape index (κ2) is 9.70. The number of rotatable bonds is 7. The number of aromatic hydroxyl groups is 2. The summed E-state index contributed by atoms with van der Waals surface area (Å²) in [6.07, 6.45) is 1.13. The summed E-state index contributed by atoms with van der Waals surface area (Å²) >= 11 is 0. The van der Waals surface area contributed by atoms with Gasteiger partial charge in [0.05, 0.1) is 24.8 Å². The molecule has 38 heavy (non-hydrogen) atoms. The van der Waals surface area contributed by atoms with Gasteiger partial charge in [0.25, 0.3) is 0 Å². The van der Waals surface area contributed by atoms with Gasteiger partial charge in [-0.3, -0.25) is 19.2 Å². The predicted molar refractivity (Wildman–Crippen MR) is 136 cm³/mol. The Morgan fingerprint density at radius 3 is 2.32 bits per heavy atom. The second-order valence-electron chi connectivity index (χ2n) is 9.36. The summed E-state index contributed by atoms with van der Waals surface area (Å²) in [4.78, 5) is 51.4. The normalized spacial score (nSPS) is 19.1. The summed E-state index contributed by atoms with van der Waals surface area (Å²) in [6.45, 7) is 5.70. The van der Waals surface area contributed by atoms with Gasteiger partial charge in [-0.1, -0.05) is 12.1 Å². The van der Waals surface area contributed by atoms with Gasteiger partial charge < -0.3 is 30.3 Å². The van der Waals surface area contributed by atoms with E-state index in [1.807, 2.05) is 12.1 Å². The summed E-state index contributed by atoms with van der Waals surface area (Å²) < 4.78 is 10.9. The standard InChI is InChI=1S/C28H28N2O8/c1-13-24(34)22(15(3)31)26-23(25(13)35)28(4)19(38-26)10-18(32)21(27(28)36)14(2)29-12-20(33)30-11-16-6-8-17(37-5)9-7-16/h6-10,29,34-35H,11-12H2,1-5H3,(H,30,33)/b21-14+/t28-/m0/s1. The highest BCUT2D eigenvalue weighted by molar-refractivity contribution is 6.31. The van der Waals surface area contributed by atoms with Gasteiger partial charge in [0, 0.05) is 23.9 Å². The highest BCUT2D eigenvalue weighted by Gasteiger charge is 2.56. The van der Waals surface area contributed by atoms with Crippen molar-refractivity contribution < 1.29 is 38.9 Å². The molecule has 1 atom stereocenters. The molecule has 2 aliphatic rings. The molecule has 10 heteroatoms. The first-order chi connectivity index (χ1) is 17.9. The zero-order valence-corrected chi connectivity index (χ0v) is 21.6. The maximum Gasteiger partial charge on any atom is 0.239 e. The van der Waals surface area contributed by atoms with Gasteiger partial charge >= 0.3 is 0 Å². The number of ether oxygens (including phenoxy) is 2. The van der Waals surface area contributed by atoms with Crippen molar-refractivity contribution in [3.63, 3.8) is 0 Å². The SMILES string of the molecule is COc1ccc(CNC(=O)CN/C(C)=C2\C(=O)C=C3Oc4c(C(C)=O)c(O)c(C)c(O)c4[C@@]3(C)C2=O)cc1. The number of phenols is 2. The fraction of sp³-hybridized carbons (Fsp3) is 0.286. The van der Waals surface area contributed by atoms with Crippen LogP contribution in [0.4, 0.5) is 0 Å². The number of nitrogens with one attached hydrogen (secondary N) is 2. The molecule has 2 aromatic rings. The number of Topliss-reactive ketones (excluding diaryl/α,β-unsaturated/α-hetero) is 2. The molecule has 0 saturated carbocycles. The lowest BCUT2D eigenvalue weighted by molar-refractivity contribution is -0.124. The summed E-state index contributed by atoms with van der Waals surface area (Å²) in [7, 11) is 1.56. The third kappa shape index (κ3) is 4.17. The van der Waals surface area contributed by atoms with Crippen LogP contribution in [-0.4, -0.2) is 47.1 Å². The van der Waals surface area contributed by atoms with E-state index in [0.29, 0.717) is 5.75 Å². The summed E-state index contributed by atoms with van der Waals surface area (Å²) in [5.74, 6) is -2.58. The molecule has 0 unspecified atom stereocenters. The van der Waals surface area contributed by atoms with Crippen LogP contribution < -0.4 is 20.1 Å². The van der Waals surface area contributed by atoms with Crippen molar-refractivity contribution in [1.82, 2.24) is 10.6 Å². The average molecular weight is 521 g/mol. The van der Waals surface area contributed by atoms with Gasteiger partial charge in [-0.05, 0) is 45.4 Å². The van der Waals surface area contributed by atoms with Crippen LogP contribution in [0.1, 0.15) is 47.8 Å². The van der Waals surface area contributed by atoms with Gasteiger partial charge in [0.2, 0.25) is 5.91 Å². The van der Waals surface area contributed by atoms with E-state index in [-0.39, 0.29) is 58.5 Å². The molecule has 4 rings (SSSR count). The lowest BCUT2D eigenvalue weighted by Gasteiger charge is -2.29. The van der Waals surface area contributed by atoms with Crippen molar-refractivity contribution in [1.29, 1.82) is 0 Å². The Morgan fingerprint density at radius 1 is 1.05 bits per heavy atom. The molecule has 1 amide bonds. The van der Waals surface area contributed by atoms with Crippen LogP contribution in [0.15, 0.2) is 47.4 Å². The number of allylic oxidation sites excluding steroid dienone is 4. The topological polar surface area (TPSA) is 151 Å². The first-order valence-electron chi connectivity index (χ1n) is 11.8. The number of benzene rings is 2. The van der Waals surface area contributed by atoms with Crippen LogP contribution in [0.3, 0.4) is 0 Å². The Hall–Kier alpha value is -4.60. The van der Waals surface area contributed by atoms with Crippen LogP contribution in [-0.2, 0) is 26.3 Å². The molecule has 10 nitrogen and oxygen atoms in total. The monoisotopic (exact) mass is 520 g/mol. The van der Waals surface area contributed by atoms with Gasteiger partial charge in [-0.15, -0.1) is 0 Å². The third-order valence-corrected chi connectivity index (χ3v) is 6.92. The van der Waals surface area contributed by atoms with E-state index in [2.05, 4.69) is 10.6 Å². The number of hydrogen-bond donors (Lipinski definition) is 4. The van der Waals surface area contributed by atoms with E-state index in [9.17, 15) is 29.4 Å². The number of methoxy groups -OCH3 is 1. The molecule has 0 fully saturated rings. The van der Waals surface area contributed by atoms with Gasteiger partial charge in [0.1, 0.15) is 39.7 Å². The number of phenolic OH excluding ortho intramolecular Hbond substituents is 2. The molecule has 2 aromatic carbocycles. The van der Waals surface area contributed by atoms with Crippen molar-refractivity contribution in [3.8, 4) is 23.0 Å². The molecule has 0 radical (unpaired) electrons. The Morgan fingerprint density at radius 2 is 1.71 bits per heavy atom. The molecular formula is C28H28N2O8. The molecule has 1 aliphatic carbocycles. The highest BCUT2D eigenvalue weighted by atomic mass is 16.5. The van der Waals surface area contributed by atoms with Crippen LogP contribution in [0.25, 0.3) is 0 Å². The lowest BCUT2D eigenvalue weighted by atomic mass is 9.70. The fourth-order valence-electron chi connectivity index (χ4n) is 4.67. The highest BCUT2D eigenvalue weighted by Crippen LogP contribution is 2.57. The molecular weight excluding hydrogens is 492 g/mol. The van der Waals surface area contributed by atoms with Crippen LogP contribution in [0.5, 0.6) is 23.0 Å². The molecule has 1 heterocycles. The number of carbonyl (C=O) groups excluding carboxylic acids is 4. The van der Waals surface area contributed by atoms with E-state index in [4.69, 9.17) is 9.47 Å². The zero-order valence-electron chi connectivity index (χ0n) is 21.6. The third-order valence-electron chi connectivity index (χ3n) is 6.92. The van der Waals surface area contributed by atoms with Crippen LogP contribution in [0.2, 0.25) is 0 Å². The molecule has 1 aliphatic heterocycles. The molecule has 0 aromatic heterocycles. The minimum atomic E-state index is -1.62. The molecule has 198 valence electrons. The van der Waals surface area contributed by atoms with Crippen molar-refractivity contribution in [3.05, 3.63) is 69.6 Å². The summed E-state index contributed by atoms with van der Waals surface area (Å²) in [5, 5.41) is 26.9. The number of ketones is 3. The number of carbonyl (C=O) groups is 4. The first kappa shape index (κ1) is 26.5. The molecule has 0 saturated heterocycles. The quantitative estimate of drug-likeness (QED) is 0.245. The Kier molecular flexibility index (Phi) is 6.75. The van der Waals surface area contributed by atoms with E-state index in [1.165, 1.54) is 27.7 Å². The van der Waals surface area contributed by atoms with Gasteiger partial charge in [0.15, 0.2) is 17.3 Å². The van der Waals surface area contributed by atoms with Crippen LogP contribution in [0, 0.1) is 6.92 Å². The zero-order chi connectivity index (χ0) is 27.9. The maximum atomic E-state index is 13.8. The first-order valence-corrected chi connectivity index (χ1v) is 11.8. The van der Waals surface area contributed by atoms with E-state index in [0.717, 1.165) is 11.6 Å². The van der Waals surface area contributed by atoms with Crippen molar-refractivity contribution in [2.75, 3.05) is 13.7 Å². The Bertz CT molecular complexity index is 1450. The van der Waals surface area contributed by atoms with E-state index < -0.39 is 34.3 Å². The Labute approximate surface area is 218 Å². The molecule has 4 N–H and O–H groups in total. The van der Waals surface area contributed by atoms with Crippen LogP contribution >= 0.6 is 0 Å². The van der Waals surface area contributed by atoms with Crippen molar-refractivity contribution >= 4 is 23.3 Å². The smallest absolute Gasteiger partial charge is 0.239 e. The number of hydrogen-bond acceptors (Lipinski definition) is 9. The molecule has 0 spiro atoms. The number of amides is 1. The van der Waals surface area contributed by atoms with Crippen molar-refractivity contribution in [2.45, 2.75) is 39.7 Å². The lowest BCUT2D eigenvalue weighted by Crippen LogP contribution is -2.42. The van der Waals surface area contributed by atoms with Crippen molar-refractivity contribution in [2.24, 2.45) is 0 Å². The van der Waals surface area contributed by atoms with E-state index in [1.54, 1.807) is 19.2 Å². The maximum absolute atomic E-state index is 13.8. The van der Waals surface area contributed by atoms with E-state index >= 15 is 0 Å². The Balaban J connectivity index is 1.59. The van der Waals surface area contributed by atoms with Gasteiger partial charge in [-0.25, -0.2) is 0 Å². The minimum absolute atomic E-state index is 0.00397. The average Bonchev–Trinajstić information content (AvgIpc) is 3.17. The predicted octanol–water partition coefficient (Wildman–Crippen LogP) is 2.48. The largest absolute Gasteiger partial charge is 0.507 e. The van der Waals surface area contributed by atoms with Gasteiger partial charge in [-0.2, -0.15) is 0 Å². The minimum Gasteiger partial charge on any atom is -0.507 e.